The molecule has 0 spiro atoms. The van der Waals surface area contributed by atoms with Gasteiger partial charge in [-0.25, -0.2) is 0 Å². The molecule has 1 aliphatic carbocycles. The van der Waals surface area contributed by atoms with Crippen LogP contribution in [-0.2, 0) is 0 Å². The van der Waals surface area contributed by atoms with Gasteiger partial charge >= 0.3 is 0 Å². The average Bonchev–Trinajstić information content (AvgIpc) is 2.47. The summed E-state index contributed by atoms with van der Waals surface area (Å²) in [5.41, 5.74) is 1.04. The molecule has 1 atom stereocenters. The molecule has 1 N–H and O–H groups in total. The second kappa shape index (κ2) is 6.23. The highest BCUT2D eigenvalue weighted by atomic mass is 35.5. The summed E-state index contributed by atoms with van der Waals surface area (Å²) >= 11 is 6.08. The SMILES string of the molecule is CCCCC(C)NC1=C(Cl)C(=O)c2ccccc2C1=O. The van der Waals surface area contributed by atoms with Gasteiger partial charge in [0.05, 0.1) is 0 Å². The van der Waals surface area contributed by atoms with Gasteiger partial charge in [-0.15, -0.1) is 0 Å². The quantitative estimate of drug-likeness (QED) is 0.900. The van der Waals surface area contributed by atoms with Crippen molar-refractivity contribution in [1.82, 2.24) is 5.32 Å². The van der Waals surface area contributed by atoms with Gasteiger partial charge in [0.1, 0.15) is 10.7 Å². The molecule has 0 amide bonds. The lowest BCUT2D eigenvalue weighted by Gasteiger charge is -2.22. The number of halogens is 1. The van der Waals surface area contributed by atoms with E-state index in [9.17, 15) is 9.59 Å². The molecule has 1 aliphatic rings. The minimum absolute atomic E-state index is 0.00273. The van der Waals surface area contributed by atoms with Crippen LogP contribution in [0.2, 0.25) is 0 Å². The van der Waals surface area contributed by atoms with Crippen molar-refractivity contribution in [3.05, 3.63) is 46.1 Å². The molecular weight excluding hydrogens is 274 g/mol. The van der Waals surface area contributed by atoms with Gasteiger partial charge in [-0.1, -0.05) is 55.6 Å². The van der Waals surface area contributed by atoms with E-state index in [1.165, 1.54) is 0 Å². The summed E-state index contributed by atoms with van der Waals surface area (Å²) in [6.45, 7) is 4.11. The highest BCUT2D eigenvalue weighted by Crippen LogP contribution is 2.27. The van der Waals surface area contributed by atoms with Gasteiger partial charge in [0.15, 0.2) is 0 Å². The number of carbonyl (C=O) groups is 2. The third-order valence-electron chi connectivity index (χ3n) is 3.44. The summed E-state index contributed by atoms with van der Waals surface area (Å²) < 4.78 is 0. The Kier molecular flexibility index (Phi) is 4.61. The van der Waals surface area contributed by atoms with Crippen molar-refractivity contribution >= 4 is 23.2 Å². The van der Waals surface area contributed by atoms with Crippen LogP contribution in [0.25, 0.3) is 0 Å². The van der Waals surface area contributed by atoms with E-state index in [-0.39, 0.29) is 28.3 Å². The average molecular weight is 292 g/mol. The number of fused-ring (bicyclic) bond motifs is 1. The maximum Gasteiger partial charge on any atom is 0.211 e. The number of unbranched alkanes of at least 4 members (excludes halogenated alkanes) is 1. The molecular formula is C16H18ClNO2. The van der Waals surface area contributed by atoms with Crippen LogP contribution in [-0.4, -0.2) is 17.6 Å². The van der Waals surface area contributed by atoms with Gasteiger partial charge in [0, 0.05) is 17.2 Å². The molecule has 20 heavy (non-hydrogen) atoms. The lowest BCUT2D eigenvalue weighted by atomic mass is 9.92. The van der Waals surface area contributed by atoms with Gasteiger partial charge in [0.25, 0.3) is 0 Å². The number of carbonyl (C=O) groups excluding carboxylic acids is 2. The first-order chi connectivity index (χ1) is 9.56. The Morgan fingerprint density at radius 2 is 1.75 bits per heavy atom. The molecule has 106 valence electrons. The zero-order valence-electron chi connectivity index (χ0n) is 11.7. The molecule has 4 heteroatoms. The number of ketones is 2. The summed E-state index contributed by atoms with van der Waals surface area (Å²) in [6, 6.07) is 6.89. The second-order valence-electron chi connectivity index (χ2n) is 5.08. The van der Waals surface area contributed by atoms with E-state index in [0.29, 0.717) is 11.1 Å². The second-order valence-corrected chi connectivity index (χ2v) is 5.46. The van der Waals surface area contributed by atoms with Crippen LogP contribution in [0.4, 0.5) is 0 Å². The number of allylic oxidation sites excluding steroid dienone is 2. The fourth-order valence-electron chi connectivity index (χ4n) is 2.30. The maximum atomic E-state index is 12.4. The van der Waals surface area contributed by atoms with E-state index in [1.54, 1.807) is 24.3 Å². The van der Waals surface area contributed by atoms with Crippen molar-refractivity contribution in [1.29, 1.82) is 0 Å². The number of Topliss-reactive ketones (excluding diaryl/α,β-unsaturated/α-hetero) is 2. The molecule has 1 aromatic rings. The van der Waals surface area contributed by atoms with Crippen LogP contribution in [0.15, 0.2) is 35.0 Å². The number of rotatable bonds is 5. The van der Waals surface area contributed by atoms with Gasteiger partial charge in [-0.3, -0.25) is 9.59 Å². The molecule has 0 aliphatic heterocycles. The van der Waals surface area contributed by atoms with E-state index in [0.717, 1.165) is 19.3 Å². The number of hydrogen-bond acceptors (Lipinski definition) is 3. The van der Waals surface area contributed by atoms with Crippen LogP contribution in [0, 0.1) is 0 Å². The molecule has 0 saturated carbocycles. The maximum absolute atomic E-state index is 12.4. The van der Waals surface area contributed by atoms with Crippen molar-refractivity contribution in [2.24, 2.45) is 0 Å². The lowest BCUT2D eigenvalue weighted by molar-refractivity contribution is 0.0973. The van der Waals surface area contributed by atoms with Gasteiger partial charge in [-0.2, -0.15) is 0 Å². The topological polar surface area (TPSA) is 46.2 Å². The molecule has 0 heterocycles. The van der Waals surface area contributed by atoms with Crippen molar-refractivity contribution in [2.75, 3.05) is 0 Å². The first-order valence-electron chi connectivity index (χ1n) is 6.91. The third-order valence-corrected chi connectivity index (χ3v) is 3.80. The summed E-state index contributed by atoms with van der Waals surface area (Å²) in [6.07, 6.45) is 3.10. The van der Waals surface area contributed by atoms with Crippen LogP contribution < -0.4 is 5.32 Å². The van der Waals surface area contributed by atoms with Crippen molar-refractivity contribution < 1.29 is 9.59 Å². The monoisotopic (exact) mass is 291 g/mol. The molecule has 1 unspecified atom stereocenters. The van der Waals surface area contributed by atoms with Crippen LogP contribution in [0.3, 0.4) is 0 Å². The Hall–Kier alpha value is -1.61. The smallest absolute Gasteiger partial charge is 0.211 e. The lowest BCUT2D eigenvalue weighted by Crippen LogP contribution is -2.34. The summed E-state index contributed by atoms with van der Waals surface area (Å²) in [7, 11) is 0. The molecule has 3 nitrogen and oxygen atoms in total. The van der Waals surface area contributed by atoms with E-state index in [1.807, 2.05) is 6.92 Å². The Morgan fingerprint density at radius 1 is 1.15 bits per heavy atom. The molecule has 0 saturated heterocycles. The Labute approximate surface area is 124 Å². The van der Waals surface area contributed by atoms with Crippen molar-refractivity contribution in [3.63, 3.8) is 0 Å². The highest BCUT2D eigenvalue weighted by Gasteiger charge is 2.31. The molecule has 0 radical (unpaired) electrons. The first kappa shape index (κ1) is 14.8. The van der Waals surface area contributed by atoms with Gasteiger partial charge in [-0.05, 0) is 13.3 Å². The fourth-order valence-corrected chi connectivity index (χ4v) is 2.55. The van der Waals surface area contributed by atoms with Crippen molar-refractivity contribution in [3.8, 4) is 0 Å². The minimum atomic E-state index is -0.285. The summed E-state index contributed by atoms with van der Waals surface area (Å²) in [5, 5.41) is 3.10. The Balaban J connectivity index is 2.28. The van der Waals surface area contributed by atoms with Gasteiger partial charge in [0.2, 0.25) is 11.6 Å². The standard InChI is InChI=1S/C16H18ClNO2/c1-3-4-7-10(2)18-14-13(17)15(19)11-8-5-6-9-12(11)16(14)20/h5-6,8-10,18H,3-4,7H2,1-2H3. The predicted molar refractivity (Wildman–Crippen MR) is 80.1 cm³/mol. The molecule has 2 rings (SSSR count). The van der Waals surface area contributed by atoms with Crippen LogP contribution in [0.5, 0.6) is 0 Å². The molecule has 0 bridgehead atoms. The fraction of sp³-hybridized carbons (Fsp3) is 0.375. The number of benzene rings is 1. The number of hydrogen-bond donors (Lipinski definition) is 1. The normalized spacial score (nSPS) is 16.1. The van der Waals surface area contributed by atoms with Gasteiger partial charge < -0.3 is 5.32 Å². The molecule has 0 aromatic heterocycles. The zero-order chi connectivity index (χ0) is 14.7. The number of nitrogens with one attached hydrogen (secondary N) is 1. The Morgan fingerprint density at radius 3 is 2.35 bits per heavy atom. The predicted octanol–water partition coefficient (Wildman–Crippen LogP) is 3.68. The van der Waals surface area contributed by atoms with E-state index in [2.05, 4.69) is 12.2 Å². The van der Waals surface area contributed by atoms with E-state index >= 15 is 0 Å². The highest BCUT2D eigenvalue weighted by molar-refractivity contribution is 6.49. The summed E-state index contributed by atoms with van der Waals surface area (Å²) in [5.74, 6) is -0.486. The van der Waals surface area contributed by atoms with E-state index in [4.69, 9.17) is 11.6 Å². The van der Waals surface area contributed by atoms with Crippen LogP contribution in [0.1, 0.15) is 53.8 Å². The van der Waals surface area contributed by atoms with E-state index < -0.39 is 0 Å². The largest absolute Gasteiger partial charge is 0.378 e. The first-order valence-corrected chi connectivity index (χ1v) is 7.28. The third kappa shape index (κ3) is 2.78. The zero-order valence-corrected chi connectivity index (χ0v) is 12.5. The Bertz CT molecular complexity index is 578. The van der Waals surface area contributed by atoms with Crippen molar-refractivity contribution in [2.45, 2.75) is 39.2 Å². The summed E-state index contributed by atoms with van der Waals surface area (Å²) in [4.78, 5) is 24.6. The minimum Gasteiger partial charge on any atom is -0.378 e. The van der Waals surface area contributed by atoms with Crippen LogP contribution >= 0.6 is 11.6 Å². The molecule has 1 aromatic carbocycles. The molecule has 0 fully saturated rings.